The van der Waals surface area contributed by atoms with Gasteiger partial charge >= 0.3 is 6.03 Å². The van der Waals surface area contributed by atoms with Gasteiger partial charge in [-0.1, -0.05) is 6.92 Å². The zero-order chi connectivity index (χ0) is 9.56. The second-order valence-electron chi connectivity index (χ2n) is 2.60. The molecule has 0 saturated carbocycles. The number of rotatable bonds is 4. The Kier molecular flexibility index (Phi) is 4.83. The summed E-state index contributed by atoms with van der Waals surface area (Å²) in [7, 11) is 0. The van der Waals surface area contributed by atoms with Crippen molar-refractivity contribution in [2.75, 3.05) is 13.1 Å². The number of hydrogen-bond donors (Lipinski definition) is 4. The number of carbonyl (C=O) groups is 1. The summed E-state index contributed by atoms with van der Waals surface area (Å²) in [4.78, 5) is 10.8. The summed E-state index contributed by atoms with van der Waals surface area (Å²) in [6.07, 6.45) is 0. The van der Waals surface area contributed by atoms with Gasteiger partial charge in [0.05, 0.1) is 5.84 Å². The molecule has 0 aromatic carbocycles. The molecule has 0 heterocycles. The number of nitrogens with one attached hydrogen (secondary N) is 3. The van der Waals surface area contributed by atoms with Crippen molar-refractivity contribution in [2.45, 2.75) is 13.8 Å². The first-order valence-electron chi connectivity index (χ1n) is 3.93. The Labute approximate surface area is 72.2 Å². The fraction of sp³-hybridized carbons (Fsp3) is 0.714. The van der Waals surface area contributed by atoms with E-state index in [-0.39, 0.29) is 17.8 Å². The third-order valence-corrected chi connectivity index (χ3v) is 1.44. The van der Waals surface area contributed by atoms with Crippen LogP contribution in [0.2, 0.25) is 0 Å². The van der Waals surface area contributed by atoms with E-state index in [1.807, 2.05) is 6.92 Å². The van der Waals surface area contributed by atoms with Crippen molar-refractivity contribution in [3.63, 3.8) is 0 Å². The lowest BCUT2D eigenvalue weighted by atomic mass is 10.1. The molecule has 70 valence electrons. The van der Waals surface area contributed by atoms with Gasteiger partial charge in [0.2, 0.25) is 0 Å². The molecule has 0 aliphatic carbocycles. The quantitative estimate of drug-likeness (QED) is 0.351. The molecular weight excluding hydrogens is 156 g/mol. The summed E-state index contributed by atoms with van der Waals surface area (Å²) < 4.78 is 0. The highest BCUT2D eigenvalue weighted by Crippen LogP contribution is 1.89. The number of amidine groups is 1. The topological polar surface area (TPSA) is 91.0 Å². The first-order valence-corrected chi connectivity index (χ1v) is 3.93. The van der Waals surface area contributed by atoms with Gasteiger partial charge < -0.3 is 16.4 Å². The predicted molar refractivity (Wildman–Crippen MR) is 48.2 cm³/mol. The van der Waals surface area contributed by atoms with Crippen molar-refractivity contribution in [3.05, 3.63) is 0 Å². The molecule has 2 amide bonds. The fourth-order valence-electron chi connectivity index (χ4n) is 0.579. The minimum Gasteiger partial charge on any atom is -0.387 e. The highest BCUT2D eigenvalue weighted by atomic mass is 16.2. The predicted octanol–water partition coefficient (Wildman–Crippen LogP) is -0.122. The average Bonchev–Trinajstić information content (AvgIpc) is 2.00. The maximum atomic E-state index is 10.8. The van der Waals surface area contributed by atoms with Crippen LogP contribution < -0.4 is 16.4 Å². The van der Waals surface area contributed by atoms with Gasteiger partial charge in [0.1, 0.15) is 0 Å². The minimum absolute atomic E-state index is 0.0896. The highest BCUT2D eigenvalue weighted by molar-refractivity contribution is 5.80. The lowest BCUT2D eigenvalue weighted by Crippen LogP contribution is -2.40. The molecule has 0 spiro atoms. The molecule has 0 radical (unpaired) electrons. The largest absolute Gasteiger partial charge is 0.387 e. The van der Waals surface area contributed by atoms with Gasteiger partial charge in [-0.3, -0.25) is 5.41 Å². The Morgan fingerprint density at radius 2 is 2.17 bits per heavy atom. The van der Waals surface area contributed by atoms with Crippen molar-refractivity contribution >= 4 is 11.9 Å². The lowest BCUT2D eigenvalue weighted by molar-refractivity contribution is 0.241. The lowest BCUT2D eigenvalue weighted by Gasteiger charge is -2.10. The molecule has 5 heteroatoms. The summed E-state index contributed by atoms with van der Waals surface area (Å²) in [5.74, 6) is -0.0144. The Hall–Kier alpha value is -1.26. The summed E-state index contributed by atoms with van der Waals surface area (Å²) in [5.41, 5.74) is 5.21. The van der Waals surface area contributed by atoms with E-state index in [4.69, 9.17) is 11.1 Å². The molecule has 12 heavy (non-hydrogen) atoms. The average molecular weight is 172 g/mol. The Bertz CT molecular complexity index is 169. The third kappa shape index (κ3) is 4.54. The first-order chi connectivity index (χ1) is 5.57. The molecule has 0 aliphatic heterocycles. The second kappa shape index (κ2) is 5.40. The molecule has 0 saturated heterocycles. The van der Waals surface area contributed by atoms with Gasteiger partial charge in [0.15, 0.2) is 0 Å². The van der Waals surface area contributed by atoms with Gasteiger partial charge in [0, 0.05) is 19.0 Å². The van der Waals surface area contributed by atoms with Gasteiger partial charge in [-0.05, 0) is 6.92 Å². The highest BCUT2D eigenvalue weighted by Gasteiger charge is 2.05. The van der Waals surface area contributed by atoms with Crippen LogP contribution in [-0.2, 0) is 0 Å². The number of amides is 2. The Morgan fingerprint density at radius 3 is 2.58 bits per heavy atom. The van der Waals surface area contributed by atoms with E-state index in [2.05, 4.69) is 10.6 Å². The Balaban J connectivity index is 3.54. The van der Waals surface area contributed by atoms with E-state index in [0.29, 0.717) is 13.1 Å². The molecular formula is C7H16N4O. The Morgan fingerprint density at radius 1 is 1.58 bits per heavy atom. The van der Waals surface area contributed by atoms with Gasteiger partial charge in [-0.15, -0.1) is 0 Å². The van der Waals surface area contributed by atoms with Crippen LogP contribution in [0.15, 0.2) is 0 Å². The number of nitrogens with two attached hydrogens (primary N) is 1. The van der Waals surface area contributed by atoms with Crippen LogP contribution in [0.3, 0.4) is 0 Å². The monoisotopic (exact) mass is 172 g/mol. The van der Waals surface area contributed by atoms with Crippen LogP contribution in [0.5, 0.6) is 0 Å². The zero-order valence-corrected chi connectivity index (χ0v) is 7.48. The molecule has 1 atom stereocenters. The summed E-state index contributed by atoms with van der Waals surface area (Å²) >= 11 is 0. The van der Waals surface area contributed by atoms with Gasteiger partial charge in [-0.25, -0.2) is 4.79 Å². The van der Waals surface area contributed by atoms with E-state index in [0.717, 1.165) is 0 Å². The molecule has 0 aromatic heterocycles. The van der Waals surface area contributed by atoms with Crippen LogP contribution in [0.1, 0.15) is 13.8 Å². The van der Waals surface area contributed by atoms with E-state index < -0.39 is 0 Å². The summed E-state index contributed by atoms with van der Waals surface area (Å²) in [6, 6.07) is -0.217. The molecule has 0 fully saturated rings. The van der Waals surface area contributed by atoms with Crippen molar-refractivity contribution < 1.29 is 4.79 Å². The number of carbonyl (C=O) groups excluding carboxylic acids is 1. The van der Waals surface area contributed by atoms with E-state index in [1.165, 1.54) is 0 Å². The molecule has 0 bridgehead atoms. The van der Waals surface area contributed by atoms with E-state index in [9.17, 15) is 4.79 Å². The first kappa shape index (κ1) is 10.7. The van der Waals surface area contributed by atoms with Gasteiger partial charge in [-0.2, -0.15) is 0 Å². The van der Waals surface area contributed by atoms with Crippen molar-refractivity contribution in [1.82, 2.24) is 10.6 Å². The molecule has 0 aliphatic rings. The van der Waals surface area contributed by atoms with E-state index >= 15 is 0 Å². The standard InChI is InChI=1S/C7H16N4O/c1-3-10-7(12)11-4-5(2)6(8)9/h5H,3-4H2,1-2H3,(H3,8,9)(H2,10,11,12). The number of hydrogen-bond acceptors (Lipinski definition) is 2. The maximum absolute atomic E-state index is 10.8. The zero-order valence-electron chi connectivity index (χ0n) is 7.48. The molecule has 1 unspecified atom stereocenters. The molecule has 5 N–H and O–H groups in total. The van der Waals surface area contributed by atoms with Crippen LogP contribution in [-0.4, -0.2) is 25.0 Å². The van der Waals surface area contributed by atoms with Crippen LogP contribution >= 0.6 is 0 Å². The SMILES string of the molecule is CCNC(=O)NCC(C)C(=N)N. The summed E-state index contributed by atoms with van der Waals surface area (Å²) in [5, 5.41) is 12.2. The number of urea groups is 1. The third-order valence-electron chi connectivity index (χ3n) is 1.44. The molecule has 0 aromatic rings. The molecule has 0 rings (SSSR count). The van der Waals surface area contributed by atoms with Crippen molar-refractivity contribution in [1.29, 1.82) is 5.41 Å². The van der Waals surface area contributed by atoms with Crippen LogP contribution in [0, 0.1) is 11.3 Å². The smallest absolute Gasteiger partial charge is 0.314 e. The van der Waals surface area contributed by atoms with Crippen LogP contribution in [0.25, 0.3) is 0 Å². The minimum atomic E-state index is -0.217. The van der Waals surface area contributed by atoms with Gasteiger partial charge in [0.25, 0.3) is 0 Å². The van der Waals surface area contributed by atoms with Crippen molar-refractivity contribution in [2.24, 2.45) is 11.7 Å². The fourth-order valence-corrected chi connectivity index (χ4v) is 0.579. The van der Waals surface area contributed by atoms with Crippen molar-refractivity contribution in [3.8, 4) is 0 Å². The maximum Gasteiger partial charge on any atom is 0.314 e. The molecule has 5 nitrogen and oxygen atoms in total. The summed E-state index contributed by atoms with van der Waals surface area (Å²) in [6.45, 7) is 4.63. The van der Waals surface area contributed by atoms with E-state index in [1.54, 1.807) is 6.92 Å². The second-order valence-corrected chi connectivity index (χ2v) is 2.60. The van der Waals surface area contributed by atoms with Crippen LogP contribution in [0.4, 0.5) is 4.79 Å². The normalized spacial score (nSPS) is 11.8.